The van der Waals surface area contributed by atoms with E-state index >= 15 is 0 Å². The normalized spacial score (nSPS) is 11.8. The van der Waals surface area contributed by atoms with Crippen molar-refractivity contribution in [3.8, 4) is 0 Å². The second-order valence-corrected chi connectivity index (χ2v) is 4.80. The van der Waals surface area contributed by atoms with Gasteiger partial charge in [-0.2, -0.15) is 0 Å². The van der Waals surface area contributed by atoms with Crippen molar-refractivity contribution in [2.24, 2.45) is 0 Å². The molecule has 14 heavy (non-hydrogen) atoms. The molecule has 1 rings (SSSR count). The number of rotatable bonds is 2. The minimum Gasteiger partial charge on any atom is -0.258 e. The summed E-state index contributed by atoms with van der Waals surface area (Å²) in [5.74, 6) is 0. The van der Waals surface area contributed by atoms with E-state index in [4.69, 9.17) is 0 Å². The van der Waals surface area contributed by atoms with Crippen molar-refractivity contribution < 1.29 is 0 Å². The van der Waals surface area contributed by atoms with Crippen LogP contribution in [0.2, 0.25) is 0 Å². The Morgan fingerprint density at radius 2 is 1.43 bits per heavy atom. The molecule has 0 N–H and O–H groups in total. The molecule has 1 heterocycles. The van der Waals surface area contributed by atoms with E-state index in [1.54, 1.807) is 0 Å². The van der Waals surface area contributed by atoms with Gasteiger partial charge in [-0.25, -0.2) is 0 Å². The minimum atomic E-state index is 0.233. The highest BCUT2D eigenvalue weighted by atomic mass is 14.7. The van der Waals surface area contributed by atoms with Gasteiger partial charge in [0.05, 0.1) is 0 Å². The van der Waals surface area contributed by atoms with E-state index in [0.29, 0.717) is 0 Å². The second-order valence-electron chi connectivity index (χ2n) is 4.80. The maximum absolute atomic E-state index is 4.58. The fraction of sp³-hybridized carbons (Fsp3) is 0.615. The van der Waals surface area contributed by atoms with E-state index in [-0.39, 0.29) is 5.41 Å². The van der Waals surface area contributed by atoms with Crippen LogP contribution in [-0.2, 0) is 18.3 Å². The van der Waals surface area contributed by atoms with Crippen LogP contribution >= 0.6 is 0 Å². The smallest absolute Gasteiger partial charge is 0.0407 e. The lowest BCUT2D eigenvalue weighted by Gasteiger charge is -2.20. The molecule has 1 aromatic rings. The number of pyridine rings is 1. The van der Waals surface area contributed by atoms with Gasteiger partial charge in [0.25, 0.3) is 0 Å². The largest absolute Gasteiger partial charge is 0.258 e. The third-order valence-electron chi connectivity index (χ3n) is 2.52. The average Bonchev–Trinajstić information content (AvgIpc) is 2.15. The molecule has 0 saturated heterocycles. The van der Waals surface area contributed by atoms with Crippen LogP contribution in [0.25, 0.3) is 0 Å². The summed E-state index contributed by atoms with van der Waals surface area (Å²) in [5.41, 5.74) is 4.07. The zero-order valence-electron chi connectivity index (χ0n) is 10.0. The van der Waals surface area contributed by atoms with Crippen molar-refractivity contribution in [3.63, 3.8) is 0 Å². The molecule has 0 radical (unpaired) electrons. The van der Waals surface area contributed by atoms with Crippen LogP contribution in [0.5, 0.6) is 0 Å². The van der Waals surface area contributed by atoms with E-state index in [1.807, 2.05) is 0 Å². The van der Waals surface area contributed by atoms with Crippen LogP contribution in [0.15, 0.2) is 12.1 Å². The molecule has 0 aromatic carbocycles. The first-order chi connectivity index (χ1) is 6.47. The van der Waals surface area contributed by atoms with Gasteiger partial charge in [-0.3, -0.25) is 4.98 Å². The zero-order chi connectivity index (χ0) is 10.8. The highest BCUT2D eigenvalue weighted by molar-refractivity contribution is 5.27. The van der Waals surface area contributed by atoms with Crippen LogP contribution in [0.3, 0.4) is 0 Å². The lowest BCUT2D eigenvalue weighted by atomic mass is 9.86. The molecule has 1 heteroatoms. The number of nitrogens with zero attached hydrogens (tertiary/aromatic N) is 1. The molecule has 1 aromatic heterocycles. The molecule has 0 bridgehead atoms. The Balaban J connectivity index is 3.17. The van der Waals surface area contributed by atoms with Crippen LogP contribution in [0, 0.1) is 0 Å². The van der Waals surface area contributed by atoms with E-state index in [2.05, 4.69) is 51.7 Å². The third-order valence-corrected chi connectivity index (χ3v) is 2.52. The SMILES string of the molecule is CCc1cc(C(C)(C)C)cc(CC)n1. The second kappa shape index (κ2) is 4.12. The third kappa shape index (κ3) is 2.57. The Hall–Kier alpha value is -0.850. The van der Waals surface area contributed by atoms with Gasteiger partial charge in [0.1, 0.15) is 0 Å². The lowest BCUT2D eigenvalue weighted by Crippen LogP contribution is -2.13. The predicted molar refractivity (Wildman–Crippen MR) is 61.7 cm³/mol. The summed E-state index contributed by atoms with van der Waals surface area (Å²) in [6.07, 6.45) is 2.05. The highest BCUT2D eigenvalue weighted by Crippen LogP contribution is 2.23. The number of hydrogen-bond donors (Lipinski definition) is 0. The summed E-state index contributed by atoms with van der Waals surface area (Å²) >= 11 is 0. The number of hydrogen-bond acceptors (Lipinski definition) is 1. The summed E-state index contributed by atoms with van der Waals surface area (Å²) in [5, 5.41) is 0. The maximum Gasteiger partial charge on any atom is 0.0407 e. The van der Waals surface area contributed by atoms with Gasteiger partial charge >= 0.3 is 0 Å². The Kier molecular flexibility index (Phi) is 3.30. The van der Waals surface area contributed by atoms with Crippen molar-refractivity contribution in [1.29, 1.82) is 0 Å². The topological polar surface area (TPSA) is 12.9 Å². The van der Waals surface area contributed by atoms with Gasteiger partial charge in [-0.15, -0.1) is 0 Å². The standard InChI is InChI=1S/C13H21N/c1-6-11-8-10(13(3,4)5)9-12(7-2)14-11/h8-9H,6-7H2,1-5H3. The summed E-state index contributed by atoms with van der Waals surface area (Å²) in [4.78, 5) is 4.58. The Labute approximate surface area is 87.6 Å². The Bertz CT molecular complexity index is 285. The Morgan fingerprint density at radius 1 is 1.00 bits per heavy atom. The van der Waals surface area contributed by atoms with E-state index in [1.165, 1.54) is 17.0 Å². The molecule has 0 atom stereocenters. The van der Waals surface area contributed by atoms with Crippen molar-refractivity contribution in [2.45, 2.75) is 52.9 Å². The minimum absolute atomic E-state index is 0.233. The number of aryl methyl sites for hydroxylation is 2. The molecular formula is C13H21N. The van der Waals surface area contributed by atoms with Crippen LogP contribution in [0.4, 0.5) is 0 Å². The molecule has 0 aliphatic rings. The first-order valence-corrected chi connectivity index (χ1v) is 5.47. The van der Waals surface area contributed by atoms with Gasteiger partial charge in [0.2, 0.25) is 0 Å². The van der Waals surface area contributed by atoms with Gasteiger partial charge in [-0.1, -0.05) is 34.6 Å². The average molecular weight is 191 g/mol. The van der Waals surface area contributed by atoms with Crippen LogP contribution < -0.4 is 0 Å². The zero-order valence-corrected chi connectivity index (χ0v) is 10.0. The van der Waals surface area contributed by atoms with Crippen molar-refractivity contribution >= 4 is 0 Å². The highest BCUT2D eigenvalue weighted by Gasteiger charge is 2.15. The van der Waals surface area contributed by atoms with Gasteiger partial charge < -0.3 is 0 Å². The van der Waals surface area contributed by atoms with Gasteiger partial charge in [0.15, 0.2) is 0 Å². The quantitative estimate of drug-likeness (QED) is 0.697. The molecule has 0 aliphatic carbocycles. The van der Waals surface area contributed by atoms with E-state index in [0.717, 1.165) is 12.8 Å². The summed E-state index contributed by atoms with van der Waals surface area (Å²) in [7, 11) is 0. The van der Waals surface area contributed by atoms with Crippen LogP contribution in [0.1, 0.15) is 51.6 Å². The van der Waals surface area contributed by atoms with Gasteiger partial charge in [0, 0.05) is 11.4 Å². The van der Waals surface area contributed by atoms with Gasteiger partial charge in [-0.05, 0) is 36.0 Å². The molecule has 0 amide bonds. The van der Waals surface area contributed by atoms with E-state index < -0.39 is 0 Å². The van der Waals surface area contributed by atoms with Crippen molar-refractivity contribution in [3.05, 3.63) is 29.1 Å². The van der Waals surface area contributed by atoms with Crippen molar-refractivity contribution in [1.82, 2.24) is 4.98 Å². The first kappa shape index (κ1) is 11.2. The molecule has 0 fully saturated rings. The van der Waals surface area contributed by atoms with E-state index in [9.17, 15) is 0 Å². The predicted octanol–water partition coefficient (Wildman–Crippen LogP) is 3.50. The lowest BCUT2D eigenvalue weighted by molar-refractivity contribution is 0.586. The molecule has 0 spiro atoms. The summed E-state index contributed by atoms with van der Waals surface area (Å²) < 4.78 is 0. The summed E-state index contributed by atoms with van der Waals surface area (Å²) in [6, 6.07) is 4.47. The molecule has 0 unspecified atom stereocenters. The maximum atomic E-state index is 4.58. The molecular weight excluding hydrogens is 170 g/mol. The molecule has 0 aliphatic heterocycles. The Morgan fingerprint density at radius 3 is 1.71 bits per heavy atom. The number of aromatic nitrogens is 1. The van der Waals surface area contributed by atoms with Crippen molar-refractivity contribution in [2.75, 3.05) is 0 Å². The molecule has 0 saturated carbocycles. The molecule has 1 nitrogen and oxygen atoms in total. The fourth-order valence-electron chi connectivity index (χ4n) is 1.44. The van der Waals surface area contributed by atoms with Crippen LogP contribution in [-0.4, -0.2) is 4.98 Å². The molecule has 78 valence electrons. The summed E-state index contributed by atoms with van der Waals surface area (Å²) in [6.45, 7) is 11.1. The first-order valence-electron chi connectivity index (χ1n) is 5.47. The monoisotopic (exact) mass is 191 g/mol. The fourth-order valence-corrected chi connectivity index (χ4v) is 1.44.